The third-order valence-corrected chi connectivity index (χ3v) is 7.97. The molecule has 0 bridgehead atoms. The van der Waals surface area contributed by atoms with Crippen LogP contribution in [-0.4, -0.2) is 66.0 Å². The Hall–Kier alpha value is -3.23. The van der Waals surface area contributed by atoms with Gasteiger partial charge in [-0.2, -0.15) is 17.0 Å². The lowest BCUT2D eigenvalue weighted by molar-refractivity contribution is -0.274. The van der Waals surface area contributed by atoms with Gasteiger partial charge in [0.05, 0.1) is 17.6 Å². The highest BCUT2D eigenvalue weighted by Gasteiger charge is 2.33. The number of rotatable bonds is 7. The maximum absolute atomic E-state index is 13.8. The second kappa shape index (κ2) is 10.3. The summed E-state index contributed by atoms with van der Waals surface area (Å²) in [6.07, 6.45) is -4.26. The van der Waals surface area contributed by atoms with E-state index in [1.807, 2.05) is 0 Å². The third-order valence-electron chi connectivity index (χ3n) is 6.03. The standard InChI is InChI=1S/C23H25F4N5O4S/c1-30(2)37(34,35)31-10-8-16(9-11-31)21(33)29-22-28-19-13-17(24)6-7-20(19)32(22)14-15-4-3-5-18(12-15)36-23(25,26)27/h3-7,12-13,16H,8-11,14H2,1-2H3,(H,28,29,33). The Labute approximate surface area is 210 Å². The first kappa shape index (κ1) is 26.8. The summed E-state index contributed by atoms with van der Waals surface area (Å²) in [7, 11) is -0.710. The molecule has 1 saturated heterocycles. The van der Waals surface area contributed by atoms with E-state index in [0.29, 0.717) is 23.9 Å². The van der Waals surface area contributed by atoms with Crippen LogP contribution >= 0.6 is 0 Å². The van der Waals surface area contributed by atoms with E-state index in [1.54, 1.807) is 10.6 Å². The molecule has 0 aliphatic carbocycles. The van der Waals surface area contributed by atoms with Crippen LogP contribution in [0.5, 0.6) is 5.75 Å². The molecule has 1 amide bonds. The highest BCUT2D eigenvalue weighted by molar-refractivity contribution is 7.86. The normalized spacial score (nSPS) is 15.9. The van der Waals surface area contributed by atoms with Crippen molar-refractivity contribution in [1.29, 1.82) is 0 Å². The minimum atomic E-state index is -4.85. The molecule has 1 aromatic heterocycles. The molecular weight excluding hydrogens is 518 g/mol. The molecule has 14 heteroatoms. The van der Waals surface area contributed by atoms with Crippen LogP contribution in [0.2, 0.25) is 0 Å². The highest BCUT2D eigenvalue weighted by Crippen LogP contribution is 2.28. The lowest BCUT2D eigenvalue weighted by atomic mass is 9.97. The van der Waals surface area contributed by atoms with Crippen LogP contribution in [0.4, 0.5) is 23.5 Å². The number of ether oxygens (including phenoxy) is 1. The molecule has 0 atom stereocenters. The average molecular weight is 544 g/mol. The second-order valence-corrected chi connectivity index (χ2v) is 10.9. The van der Waals surface area contributed by atoms with E-state index in [0.717, 1.165) is 4.31 Å². The van der Waals surface area contributed by atoms with E-state index in [2.05, 4.69) is 15.0 Å². The Balaban J connectivity index is 1.56. The number of carbonyl (C=O) groups excluding carboxylic acids is 1. The minimum absolute atomic E-state index is 0.0202. The molecule has 1 aliphatic heterocycles. The number of aromatic nitrogens is 2. The van der Waals surface area contributed by atoms with Gasteiger partial charge in [0, 0.05) is 39.2 Å². The van der Waals surface area contributed by atoms with Gasteiger partial charge in [0.15, 0.2) is 0 Å². The molecule has 1 fully saturated rings. The monoisotopic (exact) mass is 543 g/mol. The van der Waals surface area contributed by atoms with Gasteiger partial charge in [-0.15, -0.1) is 13.2 Å². The molecule has 9 nitrogen and oxygen atoms in total. The van der Waals surface area contributed by atoms with E-state index in [9.17, 15) is 30.8 Å². The molecular formula is C23H25F4N5O4S. The van der Waals surface area contributed by atoms with Gasteiger partial charge in [0.2, 0.25) is 11.9 Å². The molecule has 2 heterocycles. The summed E-state index contributed by atoms with van der Waals surface area (Å²) >= 11 is 0. The van der Waals surface area contributed by atoms with E-state index in [1.165, 1.54) is 54.8 Å². The van der Waals surface area contributed by atoms with Crippen molar-refractivity contribution in [2.24, 2.45) is 5.92 Å². The number of fused-ring (bicyclic) bond motifs is 1. The quantitative estimate of drug-likeness (QED) is 0.460. The fourth-order valence-electron chi connectivity index (χ4n) is 4.17. The van der Waals surface area contributed by atoms with Crippen LogP contribution in [0.3, 0.4) is 0 Å². The van der Waals surface area contributed by atoms with Gasteiger partial charge in [-0.3, -0.25) is 10.1 Å². The topological polar surface area (TPSA) is 96.8 Å². The molecule has 1 N–H and O–H groups in total. The van der Waals surface area contributed by atoms with Crippen molar-refractivity contribution in [1.82, 2.24) is 18.2 Å². The number of amides is 1. The number of piperidine rings is 1. The molecule has 2 aromatic carbocycles. The SMILES string of the molecule is CN(C)S(=O)(=O)N1CCC(C(=O)Nc2nc3cc(F)ccc3n2Cc2cccc(OC(F)(F)F)c2)CC1. The summed E-state index contributed by atoms with van der Waals surface area (Å²) in [4.78, 5) is 17.4. The summed E-state index contributed by atoms with van der Waals surface area (Å²) in [5.41, 5.74) is 1.15. The first-order chi connectivity index (χ1) is 17.3. The predicted octanol–water partition coefficient (Wildman–Crippen LogP) is 3.58. The predicted molar refractivity (Wildman–Crippen MR) is 127 cm³/mol. The first-order valence-electron chi connectivity index (χ1n) is 11.3. The smallest absolute Gasteiger partial charge is 0.406 e. The molecule has 4 rings (SSSR count). The highest BCUT2D eigenvalue weighted by atomic mass is 32.2. The van der Waals surface area contributed by atoms with E-state index in [4.69, 9.17) is 0 Å². The van der Waals surface area contributed by atoms with Gasteiger partial charge in [0.25, 0.3) is 10.2 Å². The molecule has 3 aromatic rings. The Kier molecular flexibility index (Phi) is 7.44. The first-order valence-corrected chi connectivity index (χ1v) is 12.7. The molecule has 0 spiro atoms. The van der Waals surface area contributed by atoms with E-state index < -0.39 is 34.1 Å². The maximum atomic E-state index is 13.8. The molecule has 0 radical (unpaired) electrons. The number of carbonyl (C=O) groups is 1. The van der Waals surface area contributed by atoms with Gasteiger partial charge in [-0.05, 0) is 42.7 Å². The zero-order chi connectivity index (χ0) is 27.0. The zero-order valence-electron chi connectivity index (χ0n) is 20.0. The Bertz CT molecular complexity index is 1400. The van der Waals surface area contributed by atoms with Gasteiger partial charge in [-0.1, -0.05) is 12.1 Å². The number of anilines is 1. The van der Waals surface area contributed by atoms with Crippen LogP contribution in [0, 0.1) is 11.7 Å². The average Bonchev–Trinajstić information content (AvgIpc) is 3.13. The molecule has 37 heavy (non-hydrogen) atoms. The van der Waals surface area contributed by atoms with Gasteiger partial charge < -0.3 is 9.30 Å². The van der Waals surface area contributed by atoms with Gasteiger partial charge in [0.1, 0.15) is 11.6 Å². The van der Waals surface area contributed by atoms with E-state index >= 15 is 0 Å². The minimum Gasteiger partial charge on any atom is -0.406 e. The van der Waals surface area contributed by atoms with E-state index in [-0.39, 0.29) is 37.0 Å². The maximum Gasteiger partial charge on any atom is 0.573 e. The fraction of sp³-hybridized carbons (Fsp3) is 0.391. The Morgan fingerprint density at radius 3 is 2.51 bits per heavy atom. The molecule has 0 saturated carbocycles. The lowest BCUT2D eigenvalue weighted by Gasteiger charge is -2.32. The lowest BCUT2D eigenvalue weighted by Crippen LogP contribution is -2.46. The van der Waals surface area contributed by atoms with Crippen molar-refractivity contribution in [2.45, 2.75) is 25.7 Å². The number of alkyl halides is 3. The molecule has 0 unspecified atom stereocenters. The summed E-state index contributed by atoms with van der Waals surface area (Å²) in [5, 5.41) is 2.74. The summed E-state index contributed by atoms with van der Waals surface area (Å²) in [5.74, 6) is -1.71. The number of halogens is 4. The van der Waals surface area contributed by atoms with Crippen molar-refractivity contribution < 1.29 is 35.5 Å². The van der Waals surface area contributed by atoms with Crippen LogP contribution in [0.25, 0.3) is 11.0 Å². The van der Waals surface area contributed by atoms with Crippen molar-refractivity contribution in [3.63, 3.8) is 0 Å². The molecule has 1 aliphatic rings. The van der Waals surface area contributed by atoms with Crippen LogP contribution in [-0.2, 0) is 21.5 Å². The van der Waals surface area contributed by atoms with Crippen LogP contribution in [0.1, 0.15) is 18.4 Å². The van der Waals surface area contributed by atoms with Gasteiger partial charge in [-0.25, -0.2) is 9.37 Å². The van der Waals surface area contributed by atoms with Crippen molar-refractivity contribution in [3.05, 3.63) is 53.8 Å². The number of hydrogen-bond donors (Lipinski definition) is 1. The number of hydrogen-bond acceptors (Lipinski definition) is 5. The Morgan fingerprint density at radius 1 is 1.16 bits per heavy atom. The fourth-order valence-corrected chi connectivity index (χ4v) is 5.31. The number of nitrogens with zero attached hydrogens (tertiary/aromatic N) is 4. The summed E-state index contributed by atoms with van der Waals surface area (Å²) in [6.45, 7) is 0.366. The second-order valence-electron chi connectivity index (χ2n) is 8.80. The zero-order valence-corrected chi connectivity index (χ0v) is 20.8. The number of nitrogens with one attached hydrogen (secondary N) is 1. The van der Waals surface area contributed by atoms with Crippen molar-refractivity contribution in [3.8, 4) is 5.75 Å². The number of benzene rings is 2. The summed E-state index contributed by atoms with van der Waals surface area (Å²) in [6, 6.07) is 9.26. The van der Waals surface area contributed by atoms with Crippen molar-refractivity contribution >= 4 is 33.1 Å². The number of imidazole rings is 1. The largest absolute Gasteiger partial charge is 0.573 e. The molecule has 200 valence electrons. The van der Waals surface area contributed by atoms with Crippen LogP contribution in [0.15, 0.2) is 42.5 Å². The van der Waals surface area contributed by atoms with Gasteiger partial charge >= 0.3 is 6.36 Å². The van der Waals surface area contributed by atoms with Crippen LogP contribution < -0.4 is 10.1 Å². The Morgan fingerprint density at radius 2 is 1.86 bits per heavy atom. The summed E-state index contributed by atoms with van der Waals surface area (Å²) < 4.78 is 84.4. The third kappa shape index (κ3) is 6.19. The van der Waals surface area contributed by atoms with Crippen molar-refractivity contribution in [2.75, 3.05) is 32.5 Å².